The molecule has 2 unspecified atom stereocenters. The number of likely N-dealkylation sites (tertiary alicyclic amines) is 2. The Kier molecular flexibility index (Phi) is 5.86. The van der Waals surface area contributed by atoms with E-state index in [2.05, 4.69) is 10.2 Å². The summed E-state index contributed by atoms with van der Waals surface area (Å²) < 4.78 is 14.9. The van der Waals surface area contributed by atoms with Crippen LogP contribution in [0.15, 0.2) is 77.6 Å². The fourth-order valence-electron chi connectivity index (χ4n) is 5.74. The Morgan fingerprint density at radius 2 is 1.72 bits per heavy atom. The third-order valence-electron chi connectivity index (χ3n) is 7.87. The highest BCUT2D eigenvalue weighted by molar-refractivity contribution is 6.09. The van der Waals surface area contributed by atoms with E-state index < -0.39 is 23.1 Å². The van der Waals surface area contributed by atoms with Gasteiger partial charge in [-0.05, 0) is 36.2 Å². The van der Waals surface area contributed by atoms with Crippen molar-refractivity contribution < 1.29 is 18.8 Å². The van der Waals surface area contributed by atoms with Crippen LogP contribution in [0, 0.1) is 17.2 Å². The van der Waals surface area contributed by atoms with E-state index in [9.17, 15) is 23.6 Å². The molecule has 0 radical (unpaired) electrons. The zero-order valence-electron chi connectivity index (χ0n) is 21.2. The van der Waals surface area contributed by atoms with Crippen LogP contribution in [-0.4, -0.2) is 50.8 Å². The molecule has 2 fully saturated rings. The van der Waals surface area contributed by atoms with Gasteiger partial charge in [0.1, 0.15) is 5.82 Å². The quantitative estimate of drug-likeness (QED) is 0.404. The van der Waals surface area contributed by atoms with Gasteiger partial charge in [-0.3, -0.25) is 24.1 Å². The first-order valence-electron chi connectivity index (χ1n) is 12.7. The van der Waals surface area contributed by atoms with E-state index in [1.165, 1.54) is 21.9 Å². The first kappa shape index (κ1) is 24.7. The fourth-order valence-corrected chi connectivity index (χ4v) is 5.74. The van der Waals surface area contributed by atoms with Crippen LogP contribution in [0.4, 0.5) is 4.39 Å². The molecule has 0 bridgehead atoms. The summed E-state index contributed by atoms with van der Waals surface area (Å²) in [7, 11) is 0. The lowest BCUT2D eigenvalue weighted by Gasteiger charge is -2.24. The lowest BCUT2D eigenvalue weighted by atomic mass is 9.82. The molecule has 196 valence electrons. The van der Waals surface area contributed by atoms with Crippen LogP contribution in [0.1, 0.15) is 34.1 Å². The molecule has 1 aromatic heterocycles. The first-order chi connectivity index (χ1) is 18.8. The van der Waals surface area contributed by atoms with Crippen LogP contribution in [-0.2, 0) is 22.6 Å². The van der Waals surface area contributed by atoms with Crippen molar-refractivity contribution in [3.63, 3.8) is 0 Å². The van der Waals surface area contributed by atoms with Crippen molar-refractivity contribution in [1.29, 1.82) is 0 Å². The van der Waals surface area contributed by atoms with Crippen LogP contribution in [0.3, 0.4) is 0 Å². The zero-order chi connectivity index (χ0) is 27.3. The Bertz CT molecular complexity index is 1700. The highest BCUT2D eigenvalue weighted by Gasteiger charge is 2.61. The Balaban J connectivity index is 1.23. The SMILES string of the molecule is CC12CN(C(=O)c3cc(Cc4n[nH]c(=O)c5ccccc45)ccc3F)CC1C(=O)N(Cc1ccccc1)C2=O. The number of benzene rings is 3. The predicted molar refractivity (Wildman–Crippen MR) is 141 cm³/mol. The van der Waals surface area contributed by atoms with Crippen LogP contribution in [0.2, 0.25) is 0 Å². The minimum atomic E-state index is -1.06. The summed E-state index contributed by atoms with van der Waals surface area (Å²) in [5.41, 5.74) is 0.576. The van der Waals surface area contributed by atoms with Gasteiger partial charge in [0.25, 0.3) is 11.5 Å². The third-order valence-corrected chi connectivity index (χ3v) is 7.87. The van der Waals surface area contributed by atoms with Crippen molar-refractivity contribution in [1.82, 2.24) is 20.0 Å². The number of nitrogens with zero attached hydrogens (tertiary/aromatic N) is 3. The smallest absolute Gasteiger partial charge is 0.272 e. The molecule has 3 aromatic carbocycles. The lowest BCUT2D eigenvalue weighted by Crippen LogP contribution is -2.40. The number of hydrogen-bond donors (Lipinski definition) is 1. The van der Waals surface area contributed by atoms with Gasteiger partial charge >= 0.3 is 0 Å². The number of carbonyl (C=O) groups is 3. The largest absolute Gasteiger partial charge is 0.337 e. The fraction of sp³-hybridized carbons (Fsp3) is 0.233. The highest BCUT2D eigenvalue weighted by atomic mass is 19.1. The molecule has 9 heteroatoms. The van der Waals surface area contributed by atoms with E-state index in [1.54, 1.807) is 37.3 Å². The molecule has 2 saturated heterocycles. The maximum absolute atomic E-state index is 14.9. The molecule has 1 N–H and O–H groups in total. The second-order valence-corrected chi connectivity index (χ2v) is 10.4. The van der Waals surface area contributed by atoms with Crippen molar-refractivity contribution >= 4 is 28.5 Å². The van der Waals surface area contributed by atoms with Crippen molar-refractivity contribution in [2.24, 2.45) is 11.3 Å². The molecule has 6 rings (SSSR count). The van der Waals surface area contributed by atoms with Gasteiger partial charge in [0.05, 0.1) is 34.5 Å². The van der Waals surface area contributed by atoms with Crippen LogP contribution in [0.25, 0.3) is 10.8 Å². The Morgan fingerprint density at radius 3 is 2.46 bits per heavy atom. The second-order valence-electron chi connectivity index (χ2n) is 10.4. The minimum Gasteiger partial charge on any atom is -0.337 e. The van der Waals surface area contributed by atoms with Crippen molar-refractivity contribution in [2.45, 2.75) is 19.9 Å². The monoisotopic (exact) mass is 524 g/mol. The van der Waals surface area contributed by atoms with E-state index in [1.807, 2.05) is 30.3 Å². The van der Waals surface area contributed by atoms with E-state index in [0.717, 1.165) is 5.56 Å². The normalized spacial score (nSPS) is 20.6. The molecule has 39 heavy (non-hydrogen) atoms. The summed E-state index contributed by atoms with van der Waals surface area (Å²) in [5.74, 6) is -2.57. The summed E-state index contributed by atoms with van der Waals surface area (Å²) in [5, 5.41) is 7.83. The molecule has 3 amide bonds. The lowest BCUT2D eigenvalue weighted by molar-refractivity contribution is -0.142. The van der Waals surface area contributed by atoms with Gasteiger partial charge in [-0.1, -0.05) is 54.6 Å². The van der Waals surface area contributed by atoms with Crippen molar-refractivity contribution in [3.8, 4) is 0 Å². The van der Waals surface area contributed by atoms with Gasteiger partial charge < -0.3 is 4.90 Å². The Hall–Kier alpha value is -4.66. The average molecular weight is 525 g/mol. The number of aromatic amines is 1. The van der Waals surface area contributed by atoms with Crippen molar-refractivity contribution in [3.05, 3.63) is 111 Å². The molecule has 0 spiro atoms. The van der Waals surface area contributed by atoms with Crippen LogP contribution < -0.4 is 5.56 Å². The van der Waals surface area contributed by atoms with Gasteiger partial charge in [-0.2, -0.15) is 5.10 Å². The van der Waals surface area contributed by atoms with E-state index >= 15 is 0 Å². The Morgan fingerprint density at radius 1 is 1.00 bits per heavy atom. The second kappa shape index (κ2) is 9.27. The Labute approximate surface area is 223 Å². The summed E-state index contributed by atoms with van der Waals surface area (Å²) in [6, 6.07) is 20.6. The van der Waals surface area contributed by atoms with Crippen LogP contribution >= 0.6 is 0 Å². The van der Waals surface area contributed by atoms with Crippen LogP contribution in [0.5, 0.6) is 0 Å². The van der Waals surface area contributed by atoms with Gasteiger partial charge in [0.15, 0.2) is 0 Å². The number of amides is 3. The highest BCUT2D eigenvalue weighted by Crippen LogP contribution is 2.45. The van der Waals surface area contributed by atoms with Gasteiger partial charge in [0.2, 0.25) is 11.8 Å². The van der Waals surface area contributed by atoms with E-state index in [-0.39, 0.29) is 49.0 Å². The number of rotatable bonds is 5. The zero-order valence-corrected chi connectivity index (χ0v) is 21.2. The number of hydrogen-bond acceptors (Lipinski definition) is 5. The number of carbonyl (C=O) groups excluding carboxylic acids is 3. The molecule has 3 heterocycles. The van der Waals surface area contributed by atoms with E-state index in [0.29, 0.717) is 22.0 Å². The number of imide groups is 1. The third kappa shape index (κ3) is 4.10. The van der Waals surface area contributed by atoms with Gasteiger partial charge in [-0.15, -0.1) is 0 Å². The van der Waals surface area contributed by atoms with E-state index in [4.69, 9.17) is 0 Å². The van der Waals surface area contributed by atoms with Gasteiger partial charge in [-0.25, -0.2) is 9.49 Å². The molecular weight excluding hydrogens is 499 g/mol. The van der Waals surface area contributed by atoms with Crippen molar-refractivity contribution in [2.75, 3.05) is 13.1 Å². The number of aromatic nitrogens is 2. The maximum Gasteiger partial charge on any atom is 0.272 e. The molecule has 2 aliphatic heterocycles. The molecule has 4 aromatic rings. The number of halogens is 1. The standard InChI is InChI=1S/C30H25FN4O4/c1-30-17-34(16-23(30)28(38)35(29(30)39)15-18-7-3-2-4-8-18)27(37)22-13-19(11-12-24(22)31)14-25-20-9-5-6-10-21(20)26(36)33-32-25/h2-13,23H,14-17H2,1H3,(H,33,36). The molecule has 0 saturated carbocycles. The van der Waals surface area contributed by atoms with Gasteiger partial charge in [0, 0.05) is 24.9 Å². The molecular formula is C30H25FN4O4. The molecule has 8 nitrogen and oxygen atoms in total. The number of fused-ring (bicyclic) bond motifs is 2. The number of H-pyrrole nitrogens is 1. The molecule has 2 atom stereocenters. The summed E-state index contributed by atoms with van der Waals surface area (Å²) in [6.45, 7) is 1.96. The topological polar surface area (TPSA) is 103 Å². The number of nitrogens with one attached hydrogen (secondary N) is 1. The summed E-state index contributed by atoms with van der Waals surface area (Å²) in [4.78, 5) is 54.8. The molecule has 2 aliphatic rings. The first-order valence-corrected chi connectivity index (χ1v) is 12.7. The predicted octanol–water partition coefficient (Wildman–Crippen LogP) is 3.30. The minimum absolute atomic E-state index is 0.0299. The summed E-state index contributed by atoms with van der Waals surface area (Å²) >= 11 is 0. The average Bonchev–Trinajstić information content (AvgIpc) is 3.39. The summed E-state index contributed by atoms with van der Waals surface area (Å²) in [6.07, 6.45) is 0.267. The molecule has 0 aliphatic carbocycles. The maximum atomic E-state index is 14.9.